The van der Waals surface area contributed by atoms with Gasteiger partial charge in [0.25, 0.3) is 0 Å². The Kier molecular flexibility index (Phi) is 5.53. The topological polar surface area (TPSA) is 62.5 Å². The minimum absolute atomic E-state index is 0.0313. The molecule has 2 aliphatic rings. The van der Waals surface area contributed by atoms with Crippen LogP contribution in [0.3, 0.4) is 0 Å². The number of rotatable bonds is 7. The lowest BCUT2D eigenvalue weighted by Gasteiger charge is -2.36. The zero-order chi connectivity index (χ0) is 18.6. The van der Waals surface area contributed by atoms with Crippen LogP contribution in [0.15, 0.2) is 34.9 Å². The highest BCUT2D eigenvalue weighted by atomic mass is 16.5. The van der Waals surface area contributed by atoms with E-state index in [-0.39, 0.29) is 11.9 Å². The average Bonchev–Trinajstić information content (AvgIpc) is 3.45. The molecule has 1 atom stereocenters. The number of benzene rings is 1. The predicted molar refractivity (Wildman–Crippen MR) is 102 cm³/mol. The van der Waals surface area contributed by atoms with Gasteiger partial charge in [0.1, 0.15) is 0 Å². The van der Waals surface area contributed by atoms with E-state index in [1.165, 1.54) is 5.56 Å². The lowest BCUT2D eigenvalue weighted by molar-refractivity contribution is -0.137. The maximum atomic E-state index is 13.1. The third kappa shape index (κ3) is 4.56. The van der Waals surface area contributed by atoms with Crippen molar-refractivity contribution < 1.29 is 9.32 Å². The van der Waals surface area contributed by atoms with Crippen molar-refractivity contribution in [1.82, 2.24) is 19.9 Å². The molecule has 1 saturated heterocycles. The molecule has 0 bridgehead atoms. The van der Waals surface area contributed by atoms with Crippen LogP contribution in [0.5, 0.6) is 0 Å². The number of piperidine rings is 1. The summed E-state index contributed by atoms with van der Waals surface area (Å²) in [5.41, 5.74) is 1.26. The number of amides is 1. The number of carbonyl (C=O) groups excluding carboxylic acids is 1. The maximum absolute atomic E-state index is 13.1. The fourth-order valence-electron chi connectivity index (χ4n) is 3.78. The summed E-state index contributed by atoms with van der Waals surface area (Å²) in [5, 5.41) is 4.06. The Balaban J connectivity index is 1.33. The summed E-state index contributed by atoms with van der Waals surface area (Å²) in [7, 11) is 1.89. The molecule has 1 unspecified atom stereocenters. The van der Waals surface area contributed by atoms with Gasteiger partial charge in [0.05, 0.1) is 6.04 Å². The van der Waals surface area contributed by atoms with Gasteiger partial charge in [-0.05, 0) is 37.8 Å². The molecule has 6 nitrogen and oxygen atoms in total. The highest BCUT2D eigenvalue weighted by Gasteiger charge is 2.31. The predicted octanol–water partition coefficient (Wildman–Crippen LogP) is 3.00. The quantitative estimate of drug-likeness (QED) is 0.752. The minimum atomic E-state index is -0.0313. The molecule has 1 aromatic carbocycles. The van der Waals surface area contributed by atoms with Crippen LogP contribution in [0, 0.1) is 0 Å². The van der Waals surface area contributed by atoms with Gasteiger partial charge in [0, 0.05) is 32.5 Å². The molecular weight excluding hydrogens is 340 g/mol. The summed E-state index contributed by atoms with van der Waals surface area (Å²) >= 11 is 0. The molecule has 27 heavy (non-hydrogen) atoms. The zero-order valence-electron chi connectivity index (χ0n) is 16.0. The first kappa shape index (κ1) is 18.2. The molecule has 4 rings (SSSR count). The van der Waals surface area contributed by atoms with Crippen molar-refractivity contribution >= 4 is 5.91 Å². The van der Waals surface area contributed by atoms with Gasteiger partial charge in [-0.3, -0.25) is 9.69 Å². The smallest absolute Gasteiger partial charge is 0.239 e. The van der Waals surface area contributed by atoms with Gasteiger partial charge in [0.2, 0.25) is 11.8 Å². The molecule has 2 fully saturated rings. The second-order valence-corrected chi connectivity index (χ2v) is 7.80. The second-order valence-electron chi connectivity index (χ2n) is 7.80. The summed E-state index contributed by atoms with van der Waals surface area (Å²) < 4.78 is 5.31. The summed E-state index contributed by atoms with van der Waals surface area (Å²) in [5.74, 6) is 2.15. The highest BCUT2D eigenvalue weighted by molar-refractivity contribution is 5.81. The molecule has 2 aromatic rings. The first-order chi connectivity index (χ1) is 13.2. The maximum Gasteiger partial charge on any atom is 0.239 e. The van der Waals surface area contributed by atoms with Gasteiger partial charge in [0.15, 0.2) is 5.82 Å². The molecular formula is C21H28N4O2. The van der Waals surface area contributed by atoms with E-state index in [1.807, 2.05) is 18.0 Å². The lowest BCUT2D eigenvalue weighted by atomic mass is 10.00. The van der Waals surface area contributed by atoms with Crippen LogP contribution < -0.4 is 0 Å². The SMILES string of the molecule is CN(CCc1noc(C2CC2)n1)C(=O)C1CCCCN1Cc1ccccc1. The van der Waals surface area contributed by atoms with E-state index in [0.717, 1.165) is 51.1 Å². The molecule has 1 aliphatic carbocycles. The van der Waals surface area contributed by atoms with Crippen molar-refractivity contribution in [2.75, 3.05) is 20.1 Å². The summed E-state index contributed by atoms with van der Waals surface area (Å²) in [6.45, 7) is 2.44. The second kappa shape index (κ2) is 8.21. The molecule has 1 amide bonds. The van der Waals surface area contributed by atoms with Crippen LogP contribution in [-0.2, 0) is 17.8 Å². The van der Waals surface area contributed by atoms with E-state index in [9.17, 15) is 4.79 Å². The normalized spacial score (nSPS) is 20.6. The Morgan fingerprint density at radius 3 is 2.81 bits per heavy atom. The lowest BCUT2D eigenvalue weighted by Crippen LogP contribution is -2.49. The molecule has 2 heterocycles. The molecule has 6 heteroatoms. The van der Waals surface area contributed by atoms with Crippen LogP contribution in [-0.4, -0.2) is 52.0 Å². The number of hydrogen-bond acceptors (Lipinski definition) is 5. The number of carbonyl (C=O) groups is 1. The largest absolute Gasteiger partial charge is 0.344 e. The Hall–Kier alpha value is -2.21. The summed E-state index contributed by atoms with van der Waals surface area (Å²) in [6.07, 6.45) is 6.16. The van der Waals surface area contributed by atoms with E-state index in [1.54, 1.807) is 0 Å². The fourth-order valence-corrected chi connectivity index (χ4v) is 3.78. The Morgan fingerprint density at radius 2 is 2.04 bits per heavy atom. The highest BCUT2D eigenvalue weighted by Crippen LogP contribution is 2.38. The van der Waals surface area contributed by atoms with Crippen LogP contribution in [0.4, 0.5) is 0 Å². The van der Waals surface area contributed by atoms with E-state index in [4.69, 9.17) is 4.52 Å². The third-order valence-electron chi connectivity index (χ3n) is 5.58. The van der Waals surface area contributed by atoms with E-state index in [2.05, 4.69) is 39.3 Å². The van der Waals surface area contributed by atoms with Crippen LogP contribution in [0.1, 0.15) is 55.3 Å². The average molecular weight is 368 g/mol. The summed E-state index contributed by atoms with van der Waals surface area (Å²) in [6, 6.07) is 10.4. The van der Waals surface area contributed by atoms with E-state index in [0.29, 0.717) is 24.7 Å². The van der Waals surface area contributed by atoms with Gasteiger partial charge in [-0.25, -0.2) is 0 Å². The first-order valence-electron chi connectivity index (χ1n) is 10.1. The molecule has 144 valence electrons. The standard InChI is InChI=1S/C21H28N4O2/c1-24(14-12-19-22-20(27-23-19)17-10-11-17)21(26)18-9-5-6-13-25(18)15-16-7-3-2-4-8-16/h2-4,7-8,17-18H,5-6,9-15H2,1H3. The third-order valence-corrected chi connectivity index (χ3v) is 5.58. The number of aromatic nitrogens is 2. The number of nitrogens with zero attached hydrogens (tertiary/aromatic N) is 4. The van der Waals surface area contributed by atoms with Crippen molar-refractivity contribution in [1.29, 1.82) is 0 Å². The Bertz CT molecular complexity index is 757. The number of likely N-dealkylation sites (N-methyl/N-ethyl adjacent to an activating group) is 1. The first-order valence-corrected chi connectivity index (χ1v) is 10.1. The molecule has 1 saturated carbocycles. The van der Waals surface area contributed by atoms with Crippen molar-refractivity contribution in [3.63, 3.8) is 0 Å². The van der Waals surface area contributed by atoms with Crippen molar-refractivity contribution in [3.05, 3.63) is 47.6 Å². The minimum Gasteiger partial charge on any atom is -0.344 e. The Labute approximate surface area is 160 Å². The molecule has 0 radical (unpaired) electrons. The monoisotopic (exact) mass is 368 g/mol. The van der Waals surface area contributed by atoms with Gasteiger partial charge in [-0.15, -0.1) is 0 Å². The van der Waals surface area contributed by atoms with Gasteiger partial charge in [-0.2, -0.15) is 4.98 Å². The van der Waals surface area contributed by atoms with Crippen molar-refractivity contribution in [2.24, 2.45) is 0 Å². The fraction of sp³-hybridized carbons (Fsp3) is 0.571. The van der Waals surface area contributed by atoms with E-state index < -0.39 is 0 Å². The van der Waals surface area contributed by atoms with Gasteiger partial charge in [-0.1, -0.05) is 41.9 Å². The molecule has 0 spiro atoms. The number of likely N-dealkylation sites (tertiary alicyclic amines) is 1. The van der Waals surface area contributed by atoms with E-state index >= 15 is 0 Å². The zero-order valence-corrected chi connectivity index (χ0v) is 16.0. The van der Waals surface area contributed by atoms with Crippen molar-refractivity contribution in [3.8, 4) is 0 Å². The molecule has 0 N–H and O–H groups in total. The van der Waals surface area contributed by atoms with Crippen LogP contribution >= 0.6 is 0 Å². The van der Waals surface area contributed by atoms with Gasteiger partial charge < -0.3 is 9.42 Å². The summed E-state index contributed by atoms with van der Waals surface area (Å²) in [4.78, 5) is 21.7. The van der Waals surface area contributed by atoms with Crippen molar-refractivity contribution in [2.45, 2.75) is 57.0 Å². The number of hydrogen-bond donors (Lipinski definition) is 0. The van der Waals surface area contributed by atoms with Crippen LogP contribution in [0.25, 0.3) is 0 Å². The van der Waals surface area contributed by atoms with Crippen LogP contribution in [0.2, 0.25) is 0 Å². The molecule has 1 aliphatic heterocycles. The Morgan fingerprint density at radius 1 is 1.22 bits per heavy atom. The van der Waals surface area contributed by atoms with Gasteiger partial charge >= 0.3 is 0 Å². The molecule has 1 aromatic heterocycles.